The minimum atomic E-state index is -0.768. The standard InChI is InChI=1S/C21H40N4O5S2/c1-21(2,3)30-20(28)24-17(7-15-32-5)19(27)23-16(6-14-31-4)18(26)22-8-9-25-10-12-29-13-11-25/h16-17H,6-15H2,1-5H3,(H,22,26)(H,23,27)(H,24,28)/t16-,17-/m0/s1. The van der Waals surface area contributed by atoms with Crippen LogP contribution in [0.15, 0.2) is 0 Å². The van der Waals surface area contributed by atoms with E-state index >= 15 is 0 Å². The van der Waals surface area contributed by atoms with Crippen LogP contribution >= 0.6 is 23.5 Å². The van der Waals surface area contributed by atoms with Gasteiger partial charge in [-0.2, -0.15) is 23.5 Å². The number of carbonyl (C=O) groups excluding carboxylic acids is 3. The van der Waals surface area contributed by atoms with Crippen molar-refractivity contribution in [3.63, 3.8) is 0 Å². The molecule has 11 heteroatoms. The molecule has 0 aromatic rings. The molecule has 0 saturated carbocycles. The second kappa shape index (κ2) is 15.6. The lowest BCUT2D eigenvalue weighted by Crippen LogP contribution is -2.55. The number of nitrogens with one attached hydrogen (secondary N) is 3. The lowest BCUT2D eigenvalue weighted by molar-refractivity contribution is -0.130. The number of morpholine rings is 1. The Hall–Kier alpha value is -1.17. The van der Waals surface area contributed by atoms with Crippen LogP contribution in [0.25, 0.3) is 0 Å². The molecule has 1 fully saturated rings. The van der Waals surface area contributed by atoms with Crippen LogP contribution in [0.3, 0.4) is 0 Å². The normalized spacial score (nSPS) is 16.7. The molecule has 0 radical (unpaired) electrons. The van der Waals surface area contributed by atoms with Crippen LogP contribution in [0.5, 0.6) is 0 Å². The molecule has 2 atom stereocenters. The van der Waals surface area contributed by atoms with Crippen LogP contribution in [0.1, 0.15) is 33.6 Å². The third-order valence-corrected chi connectivity index (χ3v) is 5.98. The first-order chi connectivity index (χ1) is 15.2. The number of rotatable bonds is 13. The molecule has 1 aliphatic heterocycles. The van der Waals surface area contributed by atoms with E-state index in [-0.39, 0.29) is 11.8 Å². The lowest BCUT2D eigenvalue weighted by atomic mass is 10.1. The Morgan fingerprint density at radius 1 is 0.969 bits per heavy atom. The van der Waals surface area contributed by atoms with Gasteiger partial charge in [0.1, 0.15) is 17.7 Å². The highest BCUT2D eigenvalue weighted by Gasteiger charge is 2.28. The summed E-state index contributed by atoms with van der Waals surface area (Å²) in [5, 5.41) is 8.43. The second-order valence-electron chi connectivity index (χ2n) is 8.57. The maximum Gasteiger partial charge on any atom is 0.408 e. The van der Waals surface area contributed by atoms with Crippen molar-refractivity contribution in [2.24, 2.45) is 0 Å². The zero-order valence-electron chi connectivity index (χ0n) is 20.0. The van der Waals surface area contributed by atoms with Crippen molar-refractivity contribution < 1.29 is 23.9 Å². The summed E-state index contributed by atoms with van der Waals surface area (Å²) in [5.41, 5.74) is -0.661. The minimum absolute atomic E-state index is 0.207. The molecule has 1 saturated heterocycles. The van der Waals surface area contributed by atoms with Crippen molar-refractivity contribution in [3.05, 3.63) is 0 Å². The van der Waals surface area contributed by atoms with Crippen LogP contribution in [0.4, 0.5) is 4.79 Å². The molecule has 0 aromatic carbocycles. The predicted octanol–water partition coefficient (Wildman–Crippen LogP) is 1.32. The van der Waals surface area contributed by atoms with Gasteiger partial charge < -0.3 is 25.4 Å². The molecule has 186 valence electrons. The lowest BCUT2D eigenvalue weighted by Gasteiger charge is -2.27. The summed E-state index contributed by atoms with van der Waals surface area (Å²) >= 11 is 3.20. The Bertz CT molecular complexity index is 583. The van der Waals surface area contributed by atoms with E-state index in [9.17, 15) is 14.4 Å². The smallest absolute Gasteiger partial charge is 0.408 e. The molecule has 0 spiro atoms. The highest BCUT2D eigenvalue weighted by Crippen LogP contribution is 2.09. The van der Waals surface area contributed by atoms with E-state index in [2.05, 4.69) is 20.9 Å². The molecular formula is C21H40N4O5S2. The molecular weight excluding hydrogens is 452 g/mol. The van der Waals surface area contributed by atoms with Crippen LogP contribution < -0.4 is 16.0 Å². The average Bonchev–Trinajstić information content (AvgIpc) is 2.73. The molecule has 3 amide bonds. The zero-order valence-corrected chi connectivity index (χ0v) is 21.7. The summed E-state index contributed by atoms with van der Waals surface area (Å²) in [6.45, 7) is 9.69. The molecule has 0 bridgehead atoms. The first-order valence-electron chi connectivity index (χ1n) is 11.0. The molecule has 1 rings (SSSR count). The van der Waals surface area contributed by atoms with Crippen LogP contribution in [-0.2, 0) is 19.1 Å². The Morgan fingerprint density at radius 3 is 2.06 bits per heavy atom. The van der Waals surface area contributed by atoms with Crippen molar-refractivity contribution in [1.29, 1.82) is 0 Å². The van der Waals surface area contributed by atoms with E-state index in [4.69, 9.17) is 9.47 Å². The van der Waals surface area contributed by atoms with Gasteiger partial charge in [0.05, 0.1) is 13.2 Å². The van der Waals surface area contributed by atoms with Gasteiger partial charge in [0.2, 0.25) is 11.8 Å². The monoisotopic (exact) mass is 492 g/mol. The highest BCUT2D eigenvalue weighted by atomic mass is 32.2. The number of ether oxygens (including phenoxy) is 2. The topological polar surface area (TPSA) is 109 Å². The van der Waals surface area contributed by atoms with Crippen molar-refractivity contribution in [2.75, 3.05) is 63.4 Å². The summed E-state index contributed by atoms with van der Waals surface area (Å²) in [4.78, 5) is 40.2. The van der Waals surface area contributed by atoms with Gasteiger partial charge in [-0.05, 0) is 57.6 Å². The number of alkyl carbamates (subject to hydrolysis) is 1. The van der Waals surface area contributed by atoms with Crippen molar-refractivity contribution >= 4 is 41.4 Å². The van der Waals surface area contributed by atoms with Crippen molar-refractivity contribution in [2.45, 2.75) is 51.3 Å². The number of carbonyl (C=O) groups is 3. The fraction of sp³-hybridized carbons (Fsp3) is 0.857. The summed E-state index contributed by atoms with van der Waals surface area (Å²) in [7, 11) is 0. The first kappa shape index (κ1) is 28.9. The molecule has 32 heavy (non-hydrogen) atoms. The van der Waals surface area contributed by atoms with E-state index in [0.717, 1.165) is 25.4 Å². The molecule has 0 aliphatic carbocycles. The van der Waals surface area contributed by atoms with E-state index in [0.29, 0.717) is 38.4 Å². The van der Waals surface area contributed by atoms with Gasteiger partial charge in [0.15, 0.2) is 0 Å². The Kier molecular flexibility index (Phi) is 14.1. The van der Waals surface area contributed by atoms with Gasteiger partial charge in [-0.1, -0.05) is 0 Å². The molecule has 1 aliphatic rings. The molecule has 0 aromatic heterocycles. The Balaban J connectivity index is 2.66. The minimum Gasteiger partial charge on any atom is -0.444 e. The number of hydrogen-bond donors (Lipinski definition) is 3. The van der Waals surface area contributed by atoms with Crippen LogP contribution in [0, 0.1) is 0 Å². The van der Waals surface area contributed by atoms with Gasteiger partial charge in [-0.15, -0.1) is 0 Å². The van der Waals surface area contributed by atoms with Crippen molar-refractivity contribution in [1.82, 2.24) is 20.9 Å². The summed E-state index contributed by atoms with van der Waals surface area (Å²) < 4.78 is 10.6. The predicted molar refractivity (Wildman–Crippen MR) is 131 cm³/mol. The van der Waals surface area contributed by atoms with Crippen LogP contribution in [-0.4, -0.2) is 104 Å². The summed E-state index contributed by atoms with van der Waals surface area (Å²) in [5.74, 6) is 0.840. The quantitative estimate of drug-likeness (QED) is 0.353. The highest BCUT2D eigenvalue weighted by molar-refractivity contribution is 7.98. The molecule has 0 unspecified atom stereocenters. The number of nitrogens with zero attached hydrogens (tertiary/aromatic N) is 1. The third kappa shape index (κ3) is 12.8. The summed E-state index contributed by atoms with van der Waals surface area (Å²) in [6.07, 6.45) is 4.21. The van der Waals surface area contributed by atoms with Gasteiger partial charge >= 0.3 is 6.09 Å². The van der Waals surface area contributed by atoms with Gasteiger partial charge in [-0.25, -0.2) is 4.79 Å². The zero-order chi connectivity index (χ0) is 24.0. The molecule has 9 nitrogen and oxygen atoms in total. The van der Waals surface area contributed by atoms with E-state index in [1.54, 1.807) is 44.3 Å². The van der Waals surface area contributed by atoms with Crippen molar-refractivity contribution in [3.8, 4) is 0 Å². The Labute approximate surface area is 200 Å². The van der Waals surface area contributed by atoms with E-state index < -0.39 is 23.8 Å². The number of hydrogen-bond acceptors (Lipinski definition) is 8. The SMILES string of the molecule is CSCC[C@H](NC(=O)OC(C)(C)C)C(=O)N[C@@H](CCSC)C(=O)NCCN1CCOCC1. The first-order valence-corrected chi connectivity index (χ1v) is 13.8. The molecule has 3 N–H and O–H groups in total. The van der Waals surface area contributed by atoms with Crippen LogP contribution in [0.2, 0.25) is 0 Å². The second-order valence-corrected chi connectivity index (χ2v) is 10.5. The number of thioether (sulfide) groups is 2. The van der Waals surface area contributed by atoms with Gasteiger partial charge in [-0.3, -0.25) is 14.5 Å². The van der Waals surface area contributed by atoms with Gasteiger partial charge in [0.25, 0.3) is 0 Å². The largest absolute Gasteiger partial charge is 0.444 e. The average molecular weight is 493 g/mol. The van der Waals surface area contributed by atoms with E-state index in [1.165, 1.54) is 0 Å². The maximum absolute atomic E-state index is 12.9. The third-order valence-electron chi connectivity index (χ3n) is 4.69. The number of amides is 3. The van der Waals surface area contributed by atoms with E-state index in [1.807, 2.05) is 12.5 Å². The Morgan fingerprint density at radius 2 is 1.53 bits per heavy atom. The molecule has 1 heterocycles. The fourth-order valence-corrected chi connectivity index (χ4v) is 3.96. The fourth-order valence-electron chi connectivity index (χ4n) is 3.02. The summed E-state index contributed by atoms with van der Waals surface area (Å²) in [6, 6.07) is -1.42. The van der Waals surface area contributed by atoms with Gasteiger partial charge in [0, 0.05) is 26.2 Å². The maximum atomic E-state index is 12.9.